The fourth-order valence-electron chi connectivity index (χ4n) is 2.70. The largest absolute Gasteiger partial charge is 0.311 e. The van der Waals surface area contributed by atoms with Crippen molar-refractivity contribution < 1.29 is 4.79 Å². The normalized spacial score (nSPS) is 17.4. The van der Waals surface area contributed by atoms with Gasteiger partial charge in [-0.05, 0) is 30.9 Å². The molecule has 1 aliphatic carbocycles. The van der Waals surface area contributed by atoms with Crippen molar-refractivity contribution in [2.75, 3.05) is 24.5 Å². The number of carbonyl (C=O) groups excluding carboxylic acids is 1. The number of rotatable bonds is 4. The average Bonchev–Trinajstić information content (AvgIpc) is 3.17. The lowest BCUT2D eigenvalue weighted by molar-refractivity contribution is -0.119. The van der Waals surface area contributed by atoms with E-state index in [-0.39, 0.29) is 5.91 Å². The van der Waals surface area contributed by atoms with Gasteiger partial charge in [-0.1, -0.05) is 18.2 Å². The first-order chi connectivity index (χ1) is 9.29. The number of carbonyl (C=O) groups is 1. The van der Waals surface area contributed by atoms with Crippen molar-refractivity contribution in [1.82, 2.24) is 4.90 Å². The highest BCUT2D eigenvalue weighted by Crippen LogP contribution is 2.29. The Bertz CT molecular complexity index is 530. The quantitative estimate of drug-likeness (QED) is 0.767. The van der Waals surface area contributed by atoms with E-state index >= 15 is 0 Å². The molecular formula is C15H17N3O. The van der Waals surface area contributed by atoms with E-state index in [1.54, 1.807) is 0 Å². The number of para-hydroxylation sites is 1. The second kappa shape index (κ2) is 5.02. The van der Waals surface area contributed by atoms with Gasteiger partial charge in [0.2, 0.25) is 5.91 Å². The first-order valence-corrected chi connectivity index (χ1v) is 6.79. The molecule has 1 aliphatic heterocycles. The van der Waals surface area contributed by atoms with E-state index in [2.05, 4.69) is 12.1 Å². The van der Waals surface area contributed by atoms with E-state index in [0.717, 1.165) is 31.5 Å². The number of hydrogen-bond acceptors (Lipinski definition) is 3. The monoisotopic (exact) mass is 255 g/mol. The molecule has 4 heteroatoms. The molecule has 1 aromatic rings. The minimum absolute atomic E-state index is 0.118. The Morgan fingerprint density at radius 2 is 2.21 bits per heavy atom. The summed E-state index contributed by atoms with van der Waals surface area (Å²) in [6.45, 7) is 1.49. The summed E-state index contributed by atoms with van der Waals surface area (Å²) in [6, 6.07) is 10.7. The van der Waals surface area contributed by atoms with Crippen LogP contribution in [-0.4, -0.2) is 36.5 Å². The predicted octanol–water partition coefficient (Wildman–Crippen LogP) is 1.56. The number of nitrogens with zero attached hydrogens (tertiary/aromatic N) is 3. The van der Waals surface area contributed by atoms with Gasteiger partial charge < -0.3 is 4.90 Å². The summed E-state index contributed by atoms with van der Waals surface area (Å²) >= 11 is 0. The van der Waals surface area contributed by atoms with Gasteiger partial charge in [-0.2, -0.15) is 5.26 Å². The Kier molecular flexibility index (Phi) is 3.22. The molecule has 0 saturated heterocycles. The zero-order chi connectivity index (χ0) is 13.2. The molecule has 0 bridgehead atoms. The molecule has 0 radical (unpaired) electrons. The maximum absolute atomic E-state index is 12.4. The van der Waals surface area contributed by atoms with Crippen molar-refractivity contribution >= 4 is 11.6 Å². The highest BCUT2D eigenvalue weighted by Gasteiger charge is 2.32. The third-order valence-electron chi connectivity index (χ3n) is 3.86. The van der Waals surface area contributed by atoms with Crippen molar-refractivity contribution in [3.8, 4) is 6.07 Å². The molecule has 1 aromatic carbocycles. The highest BCUT2D eigenvalue weighted by atomic mass is 16.2. The summed E-state index contributed by atoms with van der Waals surface area (Å²) in [6.07, 6.45) is 3.17. The molecule has 0 atom stereocenters. The number of amides is 1. The Morgan fingerprint density at radius 1 is 1.42 bits per heavy atom. The van der Waals surface area contributed by atoms with Gasteiger partial charge in [0, 0.05) is 18.3 Å². The molecule has 4 nitrogen and oxygen atoms in total. The van der Waals surface area contributed by atoms with Crippen LogP contribution in [0.1, 0.15) is 18.4 Å². The second-order valence-corrected chi connectivity index (χ2v) is 5.22. The van der Waals surface area contributed by atoms with Gasteiger partial charge in [0.25, 0.3) is 0 Å². The van der Waals surface area contributed by atoms with Crippen molar-refractivity contribution in [3.63, 3.8) is 0 Å². The van der Waals surface area contributed by atoms with Crippen LogP contribution in [0.2, 0.25) is 0 Å². The van der Waals surface area contributed by atoms with Crippen LogP contribution in [0.3, 0.4) is 0 Å². The fraction of sp³-hybridized carbons (Fsp3) is 0.467. The third kappa shape index (κ3) is 2.47. The molecule has 2 aliphatic rings. The van der Waals surface area contributed by atoms with E-state index in [1.807, 2.05) is 28.0 Å². The number of nitriles is 1. The molecule has 98 valence electrons. The smallest absolute Gasteiger partial charge is 0.241 e. The van der Waals surface area contributed by atoms with Gasteiger partial charge in [-0.15, -0.1) is 0 Å². The van der Waals surface area contributed by atoms with E-state index in [4.69, 9.17) is 5.26 Å². The van der Waals surface area contributed by atoms with Gasteiger partial charge in [-0.3, -0.25) is 9.69 Å². The first kappa shape index (κ1) is 12.2. The molecule has 1 saturated carbocycles. The Labute approximate surface area is 113 Å². The molecule has 1 heterocycles. The SMILES string of the molecule is N#CCN(CC(=O)N1CCc2ccccc21)C1CC1. The fourth-order valence-corrected chi connectivity index (χ4v) is 2.70. The molecular weight excluding hydrogens is 238 g/mol. The maximum Gasteiger partial charge on any atom is 0.241 e. The molecule has 0 aromatic heterocycles. The van der Waals surface area contributed by atoms with E-state index < -0.39 is 0 Å². The molecule has 1 amide bonds. The summed E-state index contributed by atoms with van der Waals surface area (Å²) in [5, 5.41) is 8.83. The lowest BCUT2D eigenvalue weighted by Gasteiger charge is -2.23. The molecule has 0 N–H and O–H groups in total. The lowest BCUT2D eigenvalue weighted by atomic mass is 10.2. The molecule has 1 fully saturated rings. The van der Waals surface area contributed by atoms with Crippen LogP contribution >= 0.6 is 0 Å². The number of hydrogen-bond donors (Lipinski definition) is 0. The summed E-state index contributed by atoms with van der Waals surface area (Å²) in [5.41, 5.74) is 2.29. The van der Waals surface area contributed by atoms with Crippen LogP contribution < -0.4 is 4.90 Å². The van der Waals surface area contributed by atoms with Gasteiger partial charge >= 0.3 is 0 Å². The summed E-state index contributed by atoms with van der Waals surface area (Å²) in [4.78, 5) is 16.3. The number of anilines is 1. The molecule has 19 heavy (non-hydrogen) atoms. The van der Waals surface area contributed by atoms with Crippen LogP contribution in [0.15, 0.2) is 24.3 Å². The summed E-state index contributed by atoms with van der Waals surface area (Å²) in [5.74, 6) is 0.118. The standard InChI is InChI=1S/C15H17N3O/c16-8-10-17(13-5-6-13)11-15(19)18-9-7-12-3-1-2-4-14(12)18/h1-4,13H,5-7,9-11H2. The zero-order valence-corrected chi connectivity index (χ0v) is 10.9. The zero-order valence-electron chi connectivity index (χ0n) is 10.9. The first-order valence-electron chi connectivity index (χ1n) is 6.79. The second-order valence-electron chi connectivity index (χ2n) is 5.22. The number of benzene rings is 1. The summed E-state index contributed by atoms with van der Waals surface area (Å²) < 4.78 is 0. The Hall–Kier alpha value is -1.86. The molecule has 0 spiro atoms. The van der Waals surface area contributed by atoms with Crippen LogP contribution in [0.4, 0.5) is 5.69 Å². The molecule has 3 rings (SSSR count). The van der Waals surface area contributed by atoms with Crippen molar-refractivity contribution in [3.05, 3.63) is 29.8 Å². The van der Waals surface area contributed by atoms with Crippen LogP contribution in [0, 0.1) is 11.3 Å². The van der Waals surface area contributed by atoms with Gasteiger partial charge in [0.05, 0.1) is 19.2 Å². The van der Waals surface area contributed by atoms with Gasteiger partial charge in [0.1, 0.15) is 0 Å². The molecule has 0 unspecified atom stereocenters. The van der Waals surface area contributed by atoms with Crippen molar-refractivity contribution in [2.45, 2.75) is 25.3 Å². The minimum Gasteiger partial charge on any atom is -0.311 e. The Balaban J connectivity index is 1.70. The van der Waals surface area contributed by atoms with Crippen molar-refractivity contribution in [1.29, 1.82) is 5.26 Å². The van der Waals surface area contributed by atoms with E-state index in [9.17, 15) is 4.79 Å². The van der Waals surface area contributed by atoms with Crippen LogP contribution in [0.5, 0.6) is 0 Å². The topological polar surface area (TPSA) is 47.3 Å². The predicted molar refractivity (Wildman–Crippen MR) is 72.7 cm³/mol. The highest BCUT2D eigenvalue weighted by molar-refractivity contribution is 5.96. The average molecular weight is 255 g/mol. The minimum atomic E-state index is 0.118. The van der Waals surface area contributed by atoms with Gasteiger partial charge in [-0.25, -0.2) is 0 Å². The van der Waals surface area contributed by atoms with Crippen LogP contribution in [0.25, 0.3) is 0 Å². The Morgan fingerprint density at radius 3 is 2.95 bits per heavy atom. The maximum atomic E-state index is 12.4. The van der Waals surface area contributed by atoms with Crippen molar-refractivity contribution in [2.24, 2.45) is 0 Å². The summed E-state index contributed by atoms with van der Waals surface area (Å²) in [7, 11) is 0. The van der Waals surface area contributed by atoms with E-state index in [1.165, 1.54) is 5.56 Å². The van der Waals surface area contributed by atoms with Crippen LogP contribution in [-0.2, 0) is 11.2 Å². The number of fused-ring (bicyclic) bond motifs is 1. The lowest BCUT2D eigenvalue weighted by Crippen LogP contribution is -2.40. The third-order valence-corrected chi connectivity index (χ3v) is 3.86. The van der Waals surface area contributed by atoms with Gasteiger partial charge in [0.15, 0.2) is 0 Å². The van der Waals surface area contributed by atoms with E-state index in [0.29, 0.717) is 19.1 Å².